The van der Waals surface area contributed by atoms with E-state index in [0.29, 0.717) is 15.7 Å². The molecule has 0 atom stereocenters. The summed E-state index contributed by atoms with van der Waals surface area (Å²) in [6.45, 7) is 1.78. The van der Waals surface area contributed by atoms with Gasteiger partial charge in [-0.1, -0.05) is 30.3 Å². The maximum atomic E-state index is 13.4. The minimum Gasteiger partial charge on any atom is -0.325 e. The zero-order valence-electron chi connectivity index (χ0n) is 11.6. The van der Waals surface area contributed by atoms with Crippen LogP contribution in [0.1, 0.15) is 24.0 Å². The summed E-state index contributed by atoms with van der Waals surface area (Å²) in [4.78, 5) is 12.6. The monoisotopic (exact) mass is 347 g/mol. The van der Waals surface area contributed by atoms with Gasteiger partial charge in [-0.15, -0.1) is 0 Å². The Kier molecular flexibility index (Phi) is 3.57. The van der Waals surface area contributed by atoms with Crippen LogP contribution in [-0.2, 0) is 10.2 Å². The minimum absolute atomic E-state index is 0.0182. The normalized spacial score (nSPS) is 15.6. The van der Waals surface area contributed by atoms with Gasteiger partial charge in [-0.25, -0.2) is 4.39 Å². The van der Waals surface area contributed by atoms with E-state index in [9.17, 15) is 9.18 Å². The van der Waals surface area contributed by atoms with Crippen LogP contribution < -0.4 is 5.32 Å². The van der Waals surface area contributed by atoms with Crippen LogP contribution in [0, 0.1) is 12.7 Å². The Labute approximate surface area is 131 Å². The largest absolute Gasteiger partial charge is 0.325 e. The van der Waals surface area contributed by atoms with E-state index in [1.165, 1.54) is 6.07 Å². The summed E-state index contributed by atoms with van der Waals surface area (Å²) in [5, 5.41) is 2.94. The molecule has 0 aliphatic heterocycles. The lowest BCUT2D eigenvalue weighted by Gasteiger charge is -2.17. The standard InChI is InChI=1S/C17H15BrFNO/c1-11-9-14(19)13(18)10-15(11)20-16(21)17(7-8-17)12-5-3-2-4-6-12/h2-6,9-10H,7-8H2,1H3,(H,20,21). The molecule has 2 nitrogen and oxygen atoms in total. The minimum atomic E-state index is -0.422. The van der Waals surface area contributed by atoms with Crippen molar-refractivity contribution in [3.8, 4) is 0 Å². The molecule has 0 unspecified atom stereocenters. The lowest BCUT2D eigenvalue weighted by molar-refractivity contribution is -0.118. The zero-order chi connectivity index (χ0) is 15.0. The fourth-order valence-electron chi connectivity index (χ4n) is 2.55. The molecule has 1 amide bonds. The fourth-order valence-corrected chi connectivity index (χ4v) is 2.90. The average molecular weight is 348 g/mol. The van der Waals surface area contributed by atoms with Gasteiger partial charge >= 0.3 is 0 Å². The second-order valence-corrected chi connectivity index (χ2v) is 6.34. The summed E-state index contributed by atoms with van der Waals surface area (Å²) in [5.41, 5.74) is 1.99. The highest BCUT2D eigenvalue weighted by Gasteiger charge is 2.51. The summed E-state index contributed by atoms with van der Waals surface area (Å²) in [5.74, 6) is -0.343. The van der Waals surface area contributed by atoms with Crippen molar-refractivity contribution in [2.45, 2.75) is 25.2 Å². The molecule has 0 saturated heterocycles. The molecule has 0 aromatic heterocycles. The van der Waals surface area contributed by atoms with Crippen molar-refractivity contribution in [2.75, 3.05) is 5.32 Å². The second kappa shape index (κ2) is 5.26. The van der Waals surface area contributed by atoms with Crippen molar-refractivity contribution in [2.24, 2.45) is 0 Å². The molecule has 1 N–H and O–H groups in total. The van der Waals surface area contributed by atoms with Crippen LogP contribution in [0.15, 0.2) is 46.9 Å². The Morgan fingerprint density at radius 3 is 2.52 bits per heavy atom. The predicted octanol–water partition coefficient (Wildman–Crippen LogP) is 4.57. The Morgan fingerprint density at radius 2 is 1.90 bits per heavy atom. The highest BCUT2D eigenvalue weighted by atomic mass is 79.9. The number of carbonyl (C=O) groups excluding carboxylic acids is 1. The SMILES string of the molecule is Cc1cc(F)c(Br)cc1NC(=O)C1(c2ccccc2)CC1. The molecule has 0 heterocycles. The van der Waals surface area contributed by atoms with E-state index < -0.39 is 5.41 Å². The third-order valence-electron chi connectivity index (χ3n) is 4.03. The molecule has 1 saturated carbocycles. The number of carbonyl (C=O) groups is 1. The lowest BCUT2D eigenvalue weighted by atomic mass is 9.95. The maximum Gasteiger partial charge on any atom is 0.235 e. The van der Waals surface area contributed by atoms with Crippen molar-refractivity contribution in [3.05, 3.63) is 63.9 Å². The van der Waals surface area contributed by atoms with Crippen LogP contribution in [-0.4, -0.2) is 5.91 Å². The first-order valence-electron chi connectivity index (χ1n) is 6.85. The number of nitrogens with one attached hydrogen (secondary N) is 1. The summed E-state index contributed by atoms with van der Waals surface area (Å²) in [7, 11) is 0. The molecule has 1 aliphatic rings. The number of amides is 1. The number of aryl methyl sites for hydroxylation is 1. The maximum absolute atomic E-state index is 13.4. The first kappa shape index (κ1) is 14.3. The van der Waals surface area contributed by atoms with Gasteiger partial charge in [-0.05, 0) is 59.0 Å². The number of anilines is 1. The first-order chi connectivity index (χ1) is 10.0. The third kappa shape index (κ3) is 2.60. The Balaban J connectivity index is 1.86. The lowest BCUT2D eigenvalue weighted by Crippen LogP contribution is -2.28. The summed E-state index contributed by atoms with van der Waals surface area (Å²) >= 11 is 3.15. The van der Waals surface area contributed by atoms with Gasteiger partial charge in [0.05, 0.1) is 9.89 Å². The quantitative estimate of drug-likeness (QED) is 0.865. The topological polar surface area (TPSA) is 29.1 Å². The molecule has 0 spiro atoms. The van der Waals surface area contributed by atoms with E-state index in [1.54, 1.807) is 13.0 Å². The van der Waals surface area contributed by atoms with E-state index in [2.05, 4.69) is 21.2 Å². The third-order valence-corrected chi connectivity index (χ3v) is 4.63. The van der Waals surface area contributed by atoms with Crippen LogP contribution in [0.25, 0.3) is 0 Å². The molecular weight excluding hydrogens is 333 g/mol. The van der Waals surface area contributed by atoms with Gasteiger partial charge in [0.1, 0.15) is 5.82 Å². The molecule has 1 aliphatic carbocycles. The summed E-state index contributed by atoms with van der Waals surface area (Å²) in [6.07, 6.45) is 1.70. The van der Waals surface area contributed by atoms with Gasteiger partial charge in [0.15, 0.2) is 0 Å². The summed E-state index contributed by atoms with van der Waals surface area (Å²) < 4.78 is 13.8. The zero-order valence-corrected chi connectivity index (χ0v) is 13.2. The number of hydrogen-bond donors (Lipinski definition) is 1. The fraction of sp³-hybridized carbons (Fsp3) is 0.235. The molecule has 1 fully saturated rings. The van der Waals surface area contributed by atoms with Crippen molar-refractivity contribution >= 4 is 27.5 Å². The highest BCUT2D eigenvalue weighted by molar-refractivity contribution is 9.10. The van der Waals surface area contributed by atoms with Crippen molar-refractivity contribution in [1.82, 2.24) is 0 Å². The van der Waals surface area contributed by atoms with Crippen LogP contribution in [0.2, 0.25) is 0 Å². The molecule has 0 radical (unpaired) electrons. The molecule has 4 heteroatoms. The van der Waals surface area contributed by atoms with Gasteiger partial charge in [0.2, 0.25) is 5.91 Å². The highest BCUT2D eigenvalue weighted by Crippen LogP contribution is 2.49. The van der Waals surface area contributed by atoms with Crippen molar-refractivity contribution in [3.63, 3.8) is 0 Å². The molecule has 0 bridgehead atoms. The summed E-state index contributed by atoms with van der Waals surface area (Å²) in [6, 6.07) is 12.8. The van der Waals surface area contributed by atoms with Crippen molar-refractivity contribution in [1.29, 1.82) is 0 Å². The average Bonchev–Trinajstić information content (AvgIpc) is 3.27. The molecule has 21 heavy (non-hydrogen) atoms. The number of rotatable bonds is 3. The second-order valence-electron chi connectivity index (χ2n) is 5.48. The molecule has 108 valence electrons. The van der Waals surface area contributed by atoms with Gasteiger partial charge < -0.3 is 5.32 Å². The molecule has 3 rings (SSSR count). The predicted molar refractivity (Wildman–Crippen MR) is 84.8 cm³/mol. The van der Waals surface area contributed by atoms with E-state index in [0.717, 1.165) is 18.4 Å². The van der Waals surface area contributed by atoms with Gasteiger partial charge in [0.25, 0.3) is 0 Å². The van der Waals surface area contributed by atoms with Crippen LogP contribution >= 0.6 is 15.9 Å². The molecular formula is C17H15BrFNO. The van der Waals surface area contributed by atoms with E-state index in [4.69, 9.17) is 0 Å². The number of hydrogen-bond acceptors (Lipinski definition) is 1. The van der Waals surface area contributed by atoms with Crippen molar-refractivity contribution < 1.29 is 9.18 Å². The van der Waals surface area contributed by atoms with Crippen LogP contribution in [0.3, 0.4) is 0 Å². The first-order valence-corrected chi connectivity index (χ1v) is 7.65. The Bertz CT molecular complexity index is 695. The van der Waals surface area contributed by atoms with E-state index >= 15 is 0 Å². The van der Waals surface area contributed by atoms with Crippen LogP contribution in [0.4, 0.5) is 10.1 Å². The van der Waals surface area contributed by atoms with E-state index in [1.807, 2.05) is 30.3 Å². The number of benzene rings is 2. The van der Waals surface area contributed by atoms with Crippen LogP contribution in [0.5, 0.6) is 0 Å². The van der Waals surface area contributed by atoms with Gasteiger partial charge in [0, 0.05) is 5.69 Å². The van der Waals surface area contributed by atoms with Gasteiger partial charge in [-0.2, -0.15) is 0 Å². The van der Waals surface area contributed by atoms with E-state index in [-0.39, 0.29) is 11.7 Å². The molecule has 2 aromatic carbocycles. The van der Waals surface area contributed by atoms with Gasteiger partial charge in [-0.3, -0.25) is 4.79 Å². The smallest absolute Gasteiger partial charge is 0.235 e. The Morgan fingerprint density at radius 1 is 1.24 bits per heavy atom. The number of halogens is 2. The Hall–Kier alpha value is -1.68. The molecule has 2 aromatic rings.